The molecule has 0 aromatic heterocycles. The number of nitrogens with two attached hydrogens (primary N) is 1. The summed E-state index contributed by atoms with van der Waals surface area (Å²) in [4.78, 5) is 21.5. The maximum atomic E-state index is 11.0. The molecular formula is C6H13N3O2S. The van der Waals surface area contributed by atoms with Crippen molar-refractivity contribution in [3.05, 3.63) is 0 Å². The fourth-order valence-corrected chi connectivity index (χ4v) is 1.00. The first-order chi connectivity index (χ1) is 5.61. The Labute approximate surface area is 76.5 Å². The first-order valence-electron chi connectivity index (χ1n) is 3.50. The van der Waals surface area contributed by atoms with Crippen molar-refractivity contribution < 1.29 is 9.59 Å². The van der Waals surface area contributed by atoms with Crippen molar-refractivity contribution in [3.63, 3.8) is 0 Å². The van der Waals surface area contributed by atoms with Crippen LogP contribution in [0.4, 0.5) is 0 Å². The highest BCUT2D eigenvalue weighted by Gasteiger charge is 2.16. The van der Waals surface area contributed by atoms with Crippen LogP contribution < -0.4 is 16.6 Å². The first-order valence-corrected chi connectivity index (χ1v) is 4.13. The van der Waals surface area contributed by atoms with Crippen LogP contribution in [0.25, 0.3) is 0 Å². The Hall–Kier alpha value is -0.750. The minimum Gasteiger partial charge on any atom is -0.344 e. The highest BCUT2D eigenvalue weighted by Crippen LogP contribution is 1.93. The fourth-order valence-electron chi connectivity index (χ4n) is 0.744. The van der Waals surface area contributed by atoms with Gasteiger partial charge in [0.05, 0.1) is 0 Å². The molecule has 0 spiro atoms. The van der Waals surface area contributed by atoms with E-state index in [1.807, 2.05) is 5.43 Å². The van der Waals surface area contributed by atoms with Gasteiger partial charge in [-0.2, -0.15) is 12.6 Å². The van der Waals surface area contributed by atoms with Crippen molar-refractivity contribution in [2.24, 2.45) is 5.84 Å². The monoisotopic (exact) mass is 191 g/mol. The third kappa shape index (κ3) is 4.20. The second-order valence-corrected chi connectivity index (χ2v) is 2.72. The predicted octanol–water partition coefficient (Wildman–Crippen LogP) is -1.20. The standard InChI is InChI=1S/C6H13N3O2S/c1-4(10)8-5(2-3-12)6(11)9-7/h5,12H,2-3,7H2,1H3,(H,8,10)(H,9,11)/t5-/m0/s1. The van der Waals surface area contributed by atoms with E-state index in [-0.39, 0.29) is 5.91 Å². The zero-order valence-corrected chi connectivity index (χ0v) is 7.73. The maximum Gasteiger partial charge on any atom is 0.256 e. The Kier molecular flexibility index (Phi) is 5.48. The molecule has 0 fully saturated rings. The lowest BCUT2D eigenvalue weighted by molar-refractivity contribution is -0.128. The highest BCUT2D eigenvalue weighted by molar-refractivity contribution is 7.80. The minimum atomic E-state index is -0.579. The summed E-state index contributed by atoms with van der Waals surface area (Å²) >= 11 is 3.94. The van der Waals surface area contributed by atoms with Crippen LogP contribution in [0.3, 0.4) is 0 Å². The summed E-state index contributed by atoms with van der Waals surface area (Å²) in [6.45, 7) is 1.34. The summed E-state index contributed by atoms with van der Waals surface area (Å²) in [5.74, 6) is 4.75. The number of hydrazine groups is 1. The van der Waals surface area contributed by atoms with E-state index in [9.17, 15) is 9.59 Å². The van der Waals surface area contributed by atoms with Crippen LogP contribution in [0.1, 0.15) is 13.3 Å². The van der Waals surface area contributed by atoms with Gasteiger partial charge in [0.2, 0.25) is 5.91 Å². The van der Waals surface area contributed by atoms with Crippen molar-refractivity contribution in [2.45, 2.75) is 19.4 Å². The number of carbonyl (C=O) groups excluding carboxylic acids is 2. The molecule has 70 valence electrons. The molecule has 0 aromatic carbocycles. The third-order valence-corrected chi connectivity index (χ3v) is 1.51. The van der Waals surface area contributed by atoms with Crippen molar-refractivity contribution in [2.75, 3.05) is 5.75 Å². The normalized spacial score (nSPS) is 11.9. The molecule has 2 amide bonds. The van der Waals surface area contributed by atoms with E-state index >= 15 is 0 Å². The molecular weight excluding hydrogens is 178 g/mol. The van der Waals surface area contributed by atoms with Gasteiger partial charge in [-0.3, -0.25) is 15.0 Å². The molecule has 0 unspecified atom stereocenters. The number of hydrogen-bond donors (Lipinski definition) is 4. The summed E-state index contributed by atoms with van der Waals surface area (Å²) in [7, 11) is 0. The summed E-state index contributed by atoms with van der Waals surface area (Å²) in [5.41, 5.74) is 1.97. The van der Waals surface area contributed by atoms with Gasteiger partial charge in [0, 0.05) is 6.92 Å². The van der Waals surface area contributed by atoms with Crippen LogP contribution >= 0.6 is 12.6 Å². The van der Waals surface area contributed by atoms with Crippen LogP contribution in [0.2, 0.25) is 0 Å². The largest absolute Gasteiger partial charge is 0.344 e. The first kappa shape index (κ1) is 11.2. The molecule has 0 aromatic rings. The molecule has 0 heterocycles. The van der Waals surface area contributed by atoms with E-state index in [2.05, 4.69) is 17.9 Å². The average molecular weight is 191 g/mol. The fraction of sp³-hybridized carbons (Fsp3) is 0.667. The van der Waals surface area contributed by atoms with E-state index in [0.717, 1.165) is 0 Å². The van der Waals surface area contributed by atoms with Crippen LogP contribution in [0, 0.1) is 0 Å². The third-order valence-electron chi connectivity index (χ3n) is 1.25. The van der Waals surface area contributed by atoms with Gasteiger partial charge in [0.25, 0.3) is 5.91 Å². The molecule has 1 atom stereocenters. The number of hydrogen-bond acceptors (Lipinski definition) is 4. The van der Waals surface area contributed by atoms with Gasteiger partial charge in [0.15, 0.2) is 0 Å². The molecule has 12 heavy (non-hydrogen) atoms. The molecule has 6 heteroatoms. The van der Waals surface area contributed by atoms with Gasteiger partial charge in [-0.1, -0.05) is 0 Å². The van der Waals surface area contributed by atoms with E-state index in [1.165, 1.54) is 6.92 Å². The number of carbonyl (C=O) groups is 2. The molecule has 0 radical (unpaired) electrons. The molecule has 0 aliphatic heterocycles. The molecule has 0 aliphatic carbocycles. The second kappa shape index (κ2) is 5.84. The molecule has 0 bridgehead atoms. The van der Waals surface area contributed by atoms with Crippen LogP contribution in [-0.4, -0.2) is 23.6 Å². The van der Waals surface area contributed by atoms with E-state index in [4.69, 9.17) is 5.84 Å². The summed E-state index contributed by atoms with van der Waals surface area (Å²) in [6, 6.07) is -0.579. The van der Waals surface area contributed by atoms with Crippen LogP contribution in [-0.2, 0) is 9.59 Å². The van der Waals surface area contributed by atoms with Gasteiger partial charge in [-0.15, -0.1) is 0 Å². The Bertz CT molecular complexity index is 174. The van der Waals surface area contributed by atoms with Gasteiger partial charge in [0.1, 0.15) is 6.04 Å². The number of thiol groups is 1. The van der Waals surface area contributed by atoms with Gasteiger partial charge in [-0.05, 0) is 12.2 Å². The van der Waals surface area contributed by atoms with Crippen LogP contribution in [0.15, 0.2) is 0 Å². The zero-order chi connectivity index (χ0) is 9.56. The van der Waals surface area contributed by atoms with Gasteiger partial charge < -0.3 is 5.32 Å². The predicted molar refractivity (Wildman–Crippen MR) is 48.4 cm³/mol. The van der Waals surface area contributed by atoms with Gasteiger partial charge >= 0.3 is 0 Å². The molecule has 0 rings (SSSR count). The highest BCUT2D eigenvalue weighted by atomic mass is 32.1. The lowest BCUT2D eigenvalue weighted by Gasteiger charge is -2.14. The number of rotatable bonds is 4. The minimum absolute atomic E-state index is 0.259. The van der Waals surface area contributed by atoms with E-state index < -0.39 is 11.9 Å². The lowest BCUT2D eigenvalue weighted by atomic mass is 10.2. The van der Waals surface area contributed by atoms with Crippen molar-refractivity contribution in [1.29, 1.82) is 0 Å². The number of nitrogens with one attached hydrogen (secondary N) is 2. The molecule has 4 N–H and O–H groups in total. The van der Waals surface area contributed by atoms with Crippen LogP contribution in [0.5, 0.6) is 0 Å². The molecule has 0 aliphatic rings. The smallest absolute Gasteiger partial charge is 0.256 e. The zero-order valence-electron chi connectivity index (χ0n) is 6.83. The Balaban J connectivity index is 4.02. The van der Waals surface area contributed by atoms with E-state index in [0.29, 0.717) is 12.2 Å². The van der Waals surface area contributed by atoms with Crippen molar-refractivity contribution in [3.8, 4) is 0 Å². The number of amides is 2. The van der Waals surface area contributed by atoms with Gasteiger partial charge in [-0.25, -0.2) is 5.84 Å². The second-order valence-electron chi connectivity index (χ2n) is 2.27. The SMILES string of the molecule is CC(=O)N[C@@H](CCS)C(=O)NN. The Morgan fingerprint density at radius 3 is 2.50 bits per heavy atom. The maximum absolute atomic E-state index is 11.0. The molecule has 0 saturated carbocycles. The molecule has 0 saturated heterocycles. The Morgan fingerprint density at radius 1 is 1.58 bits per heavy atom. The summed E-state index contributed by atoms with van der Waals surface area (Å²) in [6.07, 6.45) is 0.464. The topological polar surface area (TPSA) is 84.2 Å². The summed E-state index contributed by atoms with van der Waals surface area (Å²) < 4.78 is 0. The Morgan fingerprint density at radius 2 is 2.17 bits per heavy atom. The summed E-state index contributed by atoms with van der Waals surface area (Å²) in [5, 5.41) is 2.45. The molecule has 5 nitrogen and oxygen atoms in total. The van der Waals surface area contributed by atoms with Crippen molar-refractivity contribution >= 4 is 24.4 Å². The van der Waals surface area contributed by atoms with E-state index in [1.54, 1.807) is 0 Å². The average Bonchev–Trinajstić information content (AvgIpc) is 2.01. The quantitative estimate of drug-likeness (QED) is 0.195. The van der Waals surface area contributed by atoms with Crippen molar-refractivity contribution in [1.82, 2.24) is 10.7 Å². The lowest BCUT2D eigenvalue weighted by Crippen LogP contribution is -2.48.